The summed E-state index contributed by atoms with van der Waals surface area (Å²) in [5.74, 6) is -0.121. The van der Waals surface area contributed by atoms with Gasteiger partial charge in [0.05, 0.1) is 12.2 Å². The van der Waals surface area contributed by atoms with Gasteiger partial charge in [0.1, 0.15) is 18.3 Å². The molecule has 0 fully saturated rings. The summed E-state index contributed by atoms with van der Waals surface area (Å²) in [5, 5.41) is 0. The van der Waals surface area contributed by atoms with Crippen LogP contribution in [0.3, 0.4) is 0 Å². The largest absolute Gasteiger partial charge is 0.489 e. The van der Waals surface area contributed by atoms with E-state index in [1.807, 2.05) is 19.1 Å². The van der Waals surface area contributed by atoms with E-state index >= 15 is 0 Å². The van der Waals surface area contributed by atoms with Crippen LogP contribution in [0.2, 0.25) is 0 Å². The van der Waals surface area contributed by atoms with Gasteiger partial charge < -0.3 is 9.47 Å². The zero-order valence-electron chi connectivity index (χ0n) is 10.6. The van der Waals surface area contributed by atoms with Gasteiger partial charge in [-0.05, 0) is 25.5 Å². The number of esters is 1. The molecule has 18 heavy (non-hydrogen) atoms. The molecule has 0 spiro atoms. The first kappa shape index (κ1) is 12.6. The molecule has 0 aliphatic carbocycles. The Kier molecular flexibility index (Phi) is 3.65. The molecule has 96 valence electrons. The van der Waals surface area contributed by atoms with Crippen LogP contribution in [-0.2, 0) is 16.0 Å². The first-order valence-corrected chi connectivity index (χ1v) is 6.09. The van der Waals surface area contributed by atoms with Crippen molar-refractivity contribution in [2.45, 2.75) is 32.8 Å². The van der Waals surface area contributed by atoms with E-state index in [-0.39, 0.29) is 24.9 Å². The summed E-state index contributed by atoms with van der Waals surface area (Å²) in [6, 6.07) is 5.46. The van der Waals surface area contributed by atoms with Crippen LogP contribution in [0.5, 0.6) is 5.75 Å². The van der Waals surface area contributed by atoms with Gasteiger partial charge in [-0.2, -0.15) is 0 Å². The average molecular weight is 248 g/mol. The second kappa shape index (κ2) is 5.21. The molecule has 0 saturated heterocycles. The topological polar surface area (TPSA) is 52.6 Å². The number of hydrogen-bond donors (Lipinski definition) is 0. The number of Topliss-reactive ketones (excluding diaryl/α,β-unsaturated/α-hetero) is 1. The van der Waals surface area contributed by atoms with Crippen molar-refractivity contribution >= 4 is 11.8 Å². The summed E-state index contributed by atoms with van der Waals surface area (Å²) >= 11 is 0. The number of ether oxygens (including phenoxy) is 2. The van der Waals surface area contributed by atoms with Gasteiger partial charge in [0, 0.05) is 6.42 Å². The number of rotatable bonds is 4. The fourth-order valence-corrected chi connectivity index (χ4v) is 2.10. The number of carbonyl (C=O) groups excluding carboxylic acids is 2. The predicted octanol–water partition coefficient (Wildman–Crippen LogP) is 2.15. The number of para-hydroxylation sites is 1. The molecule has 1 unspecified atom stereocenters. The normalized spacial score (nSPS) is 16.9. The number of fused-ring (bicyclic) bond motifs is 1. The monoisotopic (exact) mass is 248 g/mol. The van der Waals surface area contributed by atoms with E-state index in [1.165, 1.54) is 0 Å². The molecule has 0 bridgehead atoms. The molecule has 0 radical (unpaired) electrons. The maximum atomic E-state index is 12.0. The minimum absolute atomic E-state index is 0.0801. The van der Waals surface area contributed by atoms with E-state index in [4.69, 9.17) is 9.47 Å². The minimum atomic E-state index is -0.494. The van der Waals surface area contributed by atoms with Crippen LogP contribution in [0, 0.1) is 0 Å². The van der Waals surface area contributed by atoms with Crippen molar-refractivity contribution in [2.24, 2.45) is 0 Å². The molecule has 0 N–H and O–H groups in total. The zero-order valence-corrected chi connectivity index (χ0v) is 10.6. The van der Waals surface area contributed by atoms with Crippen LogP contribution >= 0.6 is 0 Å². The third-order valence-electron chi connectivity index (χ3n) is 2.83. The van der Waals surface area contributed by atoms with E-state index in [0.29, 0.717) is 11.3 Å². The van der Waals surface area contributed by atoms with E-state index in [0.717, 1.165) is 12.0 Å². The van der Waals surface area contributed by atoms with Gasteiger partial charge >= 0.3 is 5.97 Å². The van der Waals surface area contributed by atoms with E-state index in [9.17, 15) is 9.59 Å². The molecule has 1 aliphatic rings. The van der Waals surface area contributed by atoms with Crippen LogP contribution in [0.25, 0.3) is 0 Å². The highest BCUT2D eigenvalue weighted by Gasteiger charge is 2.25. The average Bonchev–Trinajstić information content (AvgIpc) is 2.68. The molecule has 1 aromatic rings. The number of carbonyl (C=O) groups is 2. The third kappa shape index (κ3) is 2.53. The fourth-order valence-electron chi connectivity index (χ4n) is 2.10. The molecular weight excluding hydrogens is 232 g/mol. The van der Waals surface area contributed by atoms with Crippen molar-refractivity contribution in [1.82, 2.24) is 0 Å². The molecule has 4 nitrogen and oxygen atoms in total. The van der Waals surface area contributed by atoms with Gasteiger partial charge in [0.15, 0.2) is 5.78 Å². The highest BCUT2D eigenvalue weighted by molar-refractivity contribution is 6.07. The Bertz CT molecular complexity index is 479. The smallest absolute Gasteiger partial charge is 0.313 e. The molecule has 0 saturated carbocycles. The van der Waals surface area contributed by atoms with Crippen LogP contribution in [0.1, 0.15) is 36.2 Å². The summed E-state index contributed by atoms with van der Waals surface area (Å²) in [6.45, 7) is 3.96. The molecule has 1 heterocycles. The lowest BCUT2D eigenvalue weighted by molar-refractivity contribution is -0.141. The lowest BCUT2D eigenvalue weighted by Gasteiger charge is -2.08. The summed E-state index contributed by atoms with van der Waals surface area (Å²) in [6.07, 6.45) is 0.647. The Morgan fingerprint density at radius 1 is 1.44 bits per heavy atom. The maximum absolute atomic E-state index is 12.0. The Hall–Kier alpha value is -1.84. The lowest BCUT2D eigenvalue weighted by Crippen LogP contribution is -2.12. The van der Waals surface area contributed by atoms with Crippen molar-refractivity contribution in [3.63, 3.8) is 0 Å². The quantitative estimate of drug-likeness (QED) is 0.465. The standard InChI is InChI=1S/C14H16O4/c1-3-17-13(16)8-12(15)11-6-4-5-10-7-9(2)18-14(10)11/h4-6,9H,3,7-8H2,1-2H3. The Balaban J connectivity index is 2.17. The maximum Gasteiger partial charge on any atom is 0.313 e. The van der Waals surface area contributed by atoms with Crippen molar-refractivity contribution in [2.75, 3.05) is 6.61 Å². The Morgan fingerprint density at radius 3 is 2.94 bits per heavy atom. The fraction of sp³-hybridized carbons (Fsp3) is 0.429. The molecule has 2 rings (SSSR count). The minimum Gasteiger partial charge on any atom is -0.489 e. The highest BCUT2D eigenvalue weighted by Crippen LogP contribution is 2.33. The first-order valence-electron chi connectivity index (χ1n) is 6.09. The Labute approximate surface area is 106 Å². The summed E-state index contributed by atoms with van der Waals surface area (Å²) < 4.78 is 10.4. The highest BCUT2D eigenvalue weighted by atomic mass is 16.5. The van der Waals surface area contributed by atoms with E-state index in [1.54, 1.807) is 13.0 Å². The van der Waals surface area contributed by atoms with E-state index in [2.05, 4.69) is 0 Å². The van der Waals surface area contributed by atoms with Gasteiger partial charge in [0.2, 0.25) is 0 Å². The van der Waals surface area contributed by atoms with Crippen molar-refractivity contribution < 1.29 is 19.1 Å². The van der Waals surface area contributed by atoms with Crippen LogP contribution in [0.4, 0.5) is 0 Å². The van der Waals surface area contributed by atoms with Crippen LogP contribution in [-0.4, -0.2) is 24.5 Å². The van der Waals surface area contributed by atoms with Gasteiger partial charge in [-0.3, -0.25) is 9.59 Å². The lowest BCUT2D eigenvalue weighted by atomic mass is 10.0. The summed E-state index contributed by atoms with van der Waals surface area (Å²) in [4.78, 5) is 23.3. The van der Waals surface area contributed by atoms with Gasteiger partial charge in [-0.15, -0.1) is 0 Å². The van der Waals surface area contributed by atoms with Crippen molar-refractivity contribution in [3.8, 4) is 5.75 Å². The second-order valence-corrected chi connectivity index (χ2v) is 4.33. The molecule has 0 amide bonds. The molecule has 4 heteroatoms. The Morgan fingerprint density at radius 2 is 2.22 bits per heavy atom. The number of ketones is 1. The zero-order chi connectivity index (χ0) is 13.1. The number of benzene rings is 1. The molecule has 1 aliphatic heterocycles. The van der Waals surface area contributed by atoms with Crippen LogP contribution in [0.15, 0.2) is 18.2 Å². The van der Waals surface area contributed by atoms with E-state index < -0.39 is 5.97 Å². The van der Waals surface area contributed by atoms with Gasteiger partial charge in [0.25, 0.3) is 0 Å². The van der Waals surface area contributed by atoms with Gasteiger partial charge in [-0.25, -0.2) is 0 Å². The SMILES string of the molecule is CCOC(=O)CC(=O)c1cccc2c1OC(C)C2. The molecule has 1 aromatic carbocycles. The van der Waals surface area contributed by atoms with Crippen LogP contribution < -0.4 is 4.74 Å². The van der Waals surface area contributed by atoms with Crippen molar-refractivity contribution in [3.05, 3.63) is 29.3 Å². The second-order valence-electron chi connectivity index (χ2n) is 4.33. The molecule has 1 atom stereocenters. The van der Waals surface area contributed by atoms with Gasteiger partial charge in [-0.1, -0.05) is 12.1 Å². The molecular formula is C14H16O4. The first-order chi connectivity index (χ1) is 8.61. The summed E-state index contributed by atoms with van der Waals surface area (Å²) in [7, 11) is 0. The number of hydrogen-bond acceptors (Lipinski definition) is 4. The molecule has 0 aromatic heterocycles. The summed E-state index contributed by atoms with van der Waals surface area (Å²) in [5.41, 5.74) is 1.50. The van der Waals surface area contributed by atoms with Crippen molar-refractivity contribution in [1.29, 1.82) is 0 Å². The third-order valence-corrected chi connectivity index (χ3v) is 2.83. The predicted molar refractivity (Wildman–Crippen MR) is 65.8 cm³/mol.